The molecule has 1 atom stereocenters. The van der Waals surface area contributed by atoms with E-state index in [1.807, 2.05) is 42.2 Å². The van der Waals surface area contributed by atoms with Gasteiger partial charge in [0.2, 0.25) is 0 Å². The number of ether oxygens (including phenoxy) is 1. The quantitative estimate of drug-likeness (QED) is 0.557. The lowest BCUT2D eigenvalue weighted by atomic mass is 10.0. The number of aryl methyl sites for hydroxylation is 1. The third-order valence-corrected chi connectivity index (χ3v) is 7.41. The lowest BCUT2D eigenvalue weighted by Crippen LogP contribution is -2.51. The Labute approximate surface area is 219 Å². The Balaban J connectivity index is 0.000000640. The van der Waals surface area contributed by atoms with Gasteiger partial charge in [-0.3, -0.25) is 4.98 Å². The molecule has 37 heavy (non-hydrogen) atoms. The van der Waals surface area contributed by atoms with E-state index >= 15 is 0 Å². The molecule has 6 rings (SSSR count). The summed E-state index contributed by atoms with van der Waals surface area (Å²) in [5.41, 5.74) is 3.57. The second kappa shape index (κ2) is 11.0. The molecule has 0 bridgehead atoms. The molecule has 0 radical (unpaired) electrons. The summed E-state index contributed by atoms with van der Waals surface area (Å²) in [5.74, 6) is 1.98. The predicted molar refractivity (Wildman–Crippen MR) is 145 cm³/mol. The molecular formula is C28H39N7O2. The van der Waals surface area contributed by atoms with Crippen LogP contribution >= 0.6 is 0 Å². The Kier molecular flexibility index (Phi) is 7.60. The van der Waals surface area contributed by atoms with Gasteiger partial charge in [-0.15, -0.1) is 0 Å². The maximum atomic E-state index is 12.7. The molecular weight excluding hydrogens is 466 g/mol. The Morgan fingerprint density at radius 2 is 1.97 bits per heavy atom. The summed E-state index contributed by atoms with van der Waals surface area (Å²) < 4.78 is 7.61. The van der Waals surface area contributed by atoms with Crippen LogP contribution in [0, 0.1) is 5.92 Å². The fraction of sp³-hybridized carbons (Fsp3) is 0.571. The number of hydrogen-bond donors (Lipinski definition) is 1. The Hall–Kier alpha value is -3.20. The van der Waals surface area contributed by atoms with Crippen LogP contribution in [0.2, 0.25) is 0 Å². The Morgan fingerprint density at radius 3 is 2.65 bits per heavy atom. The Bertz CT molecular complexity index is 1210. The smallest absolute Gasteiger partial charge is 0.410 e. The van der Waals surface area contributed by atoms with E-state index in [1.54, 1.807) is 4.90 Å². The fourth-order valence-corrected chi connectivity index (χ4v) is 4.79. The van der Waals surface area contributed by atoms with Crippen molar-refractivity contribution in [1.29, 1.82) is 0 Å². The monoisotopic (exact) mass is 505 g/mol. The molecule has 0 unspecified atom stereocenters. The molecule has 3 aromatic heterocycles. The van der Waals surface area contributed by atoms with Crippen molar-refractivity contribution < 1.29 is 9.53 Å². The van der Waals surface area contributed by atoms with E-state index in [2.05, 4.69) is 40.2 Å². The van der Waals surface area contributed by atoms with Crippen LogP contribution < -0.4 is 10.2 Å². The molecule has 2 saturated heterocycles. The van der Waals surface area contributed by atoms with Crippen molar-refractivity contribution in [3.63, 3.8) is 0 Å². The van der Waals surface area contributed by atoms with Crippen LogP contribution in [0.15, 0.2) is 36.8 Å². The molecule has 1 N–H and O–H groups in total. The average Bonchev–Trinajstić information content (AvgIpc) is 3.40. The number of aromatic nitrogens is 4. The number of fused-ring (bicyclic) bond motifs is 1. The summed E-state index contributed by atoms with van der Waals surface area (Å²) in [7, 11) is 0. The van der Waals surface area contributed by atoms with Crippen LogP contribution in [0.1, 0.15) is 52.1 Å². The van der Waals surface area contributed by atoms with Gasteiger partial charge < -0.3 is 19.9 Å². The Morgan fingerprint density at radius 1 is 1.19 bits per heavy atom. The first kappa shape index (κ1) is 25.4. The molecule has 9 heteroatoms. The van der Waals surface area contributed by atoms with Crippen LogP contribution in [0.25, 0.3) is 16.8 Å². The number of nitrogens with one attached hydrogen (secondary N) is 1. The first-order valence-electron chi connectivity index (χ1n) is 13.7. The number of carbonyl (C=O) groups excluding carboxylic acids is 1. The largest absolute Gasteiger partial charge is 0.442 e. The van der Waals surface area contributed by atoms with Gasteiger partial charge in [0.15, 0.2) is 5.65 Å². The predicted octanol–water partition coefficient (Wildman–Crippen LogP) is 4.17. The lowest BCUT2D eigenvalue weighted by molar-refractivity contribution is 0.0136. The molecule has 5 heterocycles. The summed E-state index contributed by atoms with van der Waals surface area (Å²) in [5, 5.41) is 7.77. The van der Waals surface area contributed by atoms with Gasteiger partial charge >= 0.3 is 6.09 Å². The van der Waals surface area contributed by atoms with Gasteiger partial charge in [0.1, 0.15) is 11.4 Å². The molecule has 3 aromatic rings. The highest BCUT2D eigenvalue weighted by Crippen LogP contribution is 2.28. The minimum Gasteiger partial charge on any atom is -0.442 e. The number of carbonyl (C=O) groups is 1. The molecule has 3 aliphatic rings. The maximum absolute atomic E-state index is 12.7. The van der Waals surface area contributed by atoms with Crippen LogP contribution in [-0.4, -0.2) is 75.4 Å². The normalized spacial score (nSPS) is 21.6. The van der Waals surface area contributed by atoms with E-state index in [0.717, 1.165) is 60.0 Å². The average molecular weight is 506 g/mol. The van der Waals surface area contributed by atoms with Gasteiger partial charge in [-0.1, -0.05) is 39.2 Å². The third kappa shape index (κ3) is 6.04. The van der Waals surface area contributed by atoms with Crippen LogP contribution in [0.4, 0.5) is 10.6 Å². The number of rotatable bonds is 5. The molecule has 1 aliphatic carbocycles. The van der Waals surface area contributed by atoms with E-state index in [9.17, 15) is 4.79 Å². The lowest BCUT2D eigenvalue weighted by Gasteiger charge is -2.36. The van der Waals surface area contributed by atoms with Crippen LogP contribution in [0.5, 0.6) is 0 Å². The standard InChI is InChI=1S/C24H31N7O2.C4H8/c1-3-5-20-18(6-4-9-26-20)19-16-27-31-11-7-21(28-22(19)31)29-12-14-30(15-13-29)23(32)33-24(2)8-10-25-17-24;1-4-2-3-4/h4,6-7,9,11,16,25H,3,5,8,10,12-15,17H2,1-2H3;4H,2-3H2,1H3/t24-;/m1./s1. The molecule has 1 amide bonds. The molecule has 0 spiro atoms. The zero-order chi connectivity index (χ0) is 25.8. The molecule has 0 aromatic carbocycles. The second-order valence-corrected chi connectivity index (χ2v) is 10.8. The number of hydrogen-bond acceptors (Lipinski definition) is 7. The number of amides is 1. The molecule has 3 fully saturated rings. The van der Waals surface area contributed by atoms with Crippen molar-refractivity contribution in [2.24, 2.45) is 5.92 Å². The number of nitrogens with zero attached hydrogens (tertiary/aromatic N) is 6. The van der Waals surface area contributed by atoms with Gasteiger partial charge in [0.25, 0.3) is 0 Å². The van der Waals surface area contributed by atoms with Crippen LogP contribution in [-0.2, 0) is 11.2 Å². The summed E-state index contributed by atoms with van der Waals surface area (Å²) >= 11 is 0. The molecule has 2 aliphatic heterocycles. The van der Waals surface area contributed by atoms with Crippen molar-refractivity contribution in [2.45, 2.75) is 58.5 Å². The van der Waals surface area contributed by atoms with Gasteiger partial charge in [0.05, 0.1) is 6.20 Å². The second-order valence-electron chi connectivity index (χ2n) is 10.8. The van der Waals surface area contributed by atoms with Crippen molar-refractivity contribution in [3.8, 4) is 11.1 Å². The summed E-state index contributed by atoms with van der Waals surface area (Å²) in [4.78, 5) is 26.2. The highest BCUT2D eigenvalue weighted by molar-refractivity contribution is 5.79. The highest BCUT2D eigenvalue weighted by Gasteiger charge is 2.35. The van der Waals surface area contributed by atoms with Gasteiger partial charge in [0, 0.05) is 68.4 Å². The minimum atomic E-state index is -0.401. The SMILES string of the molecule is CC1CC1.CCCc1ncccc1-c1cnn2ccc(N3CCN(C(=O)O[C@]4(C)CCNC4)CC3)nc12. The van der Waals surface area contributed by atoms with E-state index in [-0.39, 0.29) is 6.09 Å². The molecule has 198 valence electrons. The van der Waals surface area contributed by atoms with Gasteiger partial charge in [-0.2, -0.15) is 5.10 Å². The summed E-state index contributed by atoms with van der Waals surface area (Å²) in [6.07, 6.45) is 11.2. The van der Waals surface area contributed by atoms with E-state index in [4.69, 9.17) is 9.72 Å². The summed E-state index contributed by atoms with van der Waals surface area (Å²) in [6, 6.07) is 6.04. The topological polar surface area (TPSA) is 87.9 Å². The van der Waals surface area contributed by atoms with Crippen LogP contribution in [0.3, 0.4) is 0 Å². The highest BCUT2D eigenvalue weighted by atomic mass is 16.6. The van der Waals surface area contributed by atoms with E-state index < -0.39 is 5.60 Å². The third-order valence-electron chi connectivity index (χ3n) is 7.41. The first-order valence-corrected chi connectivity index (χ1v) is 13.7. The van der Waals surface area contributed by atoms with Gasteiger partial charge in [-0.05, 0) is 37.9 Å². The summed E-state index contributed by atoms with van der Waals surface area (Å²) in [6.45, 7) is 10.7. The van der Waals surface area contributed by atoms with Crippen molar-refractivity contribution in [1.82, 2.24) is 29.8 Å². The van der Waals surface area contributed by atoms with E-state index in [1.165, 1.54) is 12.8 Å². The number of piperazine rings is 1. The van der Waals surface area contributed by atoms with Crippen molar-refractivity contribution >= 4 is 17.6 Å². The molecule has 1 saturated carbocycles. The zero-order valence-electron chi connectivity index (χ0n) is 22.3. The minimum absolute atomic E-state index is 0.220. The fourth-order valence-electron chi connectivity index (χ4n) is 4.79. The van der Waals surface area contributed by atoms with E-state index in [0.29, 0.717) is 32.7 Å². The first-order chi connectivity index (χ1) is 18.0. The van der Waals surface area contributed by atoms with Crippen molar-refractivity contribution in [3.05, 3.63) is 42.5 Å². The van der Waals surface area contributed by atoms with Gasteiger partial charge in [-0.25, -0.2) is 14.3 Å². The molecule has 9 nitrogen and oxygen atoms in total. The zero-order valence-corrected chi connectivity index (χ0v) is 22.3. The number of pyridine rings is 1. The number of anilines is 1. The maximum Gasteiger partial charge on any atom is 0.410 e. The van der Waals surface area contributed by atoms with Crippen molar-refractivity contribution in [2.75, 3.05) is 44.2 Å².